The molecule has 1 N–H and O–H groups in total. The number of nitrogens with one attached hydrogen (secondary N) is 1. The zero-order valence-electron chi connectivity index (χ0n) is 11.9. The Kier molecular flexibility index (Phi) is 4.58. The number of benzene rings is 1. The lowest BCUT2D eigenvalue weighted by atomic mass is 10.2. The van der Waals surface area contributed by atoms with Crippen molar-refractivity contribution in [2.75, 3.05) is 19.4 Å². The van der Waals surface area contributed by atoms with Gasteiger partial charge >= 0.3 is 0 Å². The van der Waals surface area contributed by atoms with Crippen LogP contribution in [0.2, 0.25) is 0 Å². The summed E-state index contributed by atoms with van der Waals surface area (Å²) >= 11 is 0. The molecule has 0 bridgehead atoms. The Labute approximate surface area is 115 Å². The summed E-state index contributed by atoms with van der Waals surface area (Å²) in [6.07, 6.45) is 4.00. The molecule has 2 aromatic rings. The fourth-order valence-electron chi connectivity index (χ4n) is 2.02. The average molecular weight is 258 g/mol. The van der Waals surface area contributed by atoms with Gasteiger partial charge in [0.15, 0.2) is 0 Å². The summed E-state index contributed by atoms with van der Waals surface area (Å²) in [5.41, 5.74) is 3.68. The van der Waals surface area contributed by atoms with Gasteiger partial charge in [-0.2, -0.15) is 5.10 Å². The SMILES string of the molecule is CCn1cc(CNc2cccc(CN(C)C)c2)cn1. The second-order valence-electron chi connectivity index (χ2n) is 5.00. The standard InChI is InChI=1S/C15H22N4/c1-4-19-12-14(10-17-19)9-16-15-7-5-6-13(8-15)11-18(2)3/h5-8,10,12,16H,4,9,11H2,1-3H3. The van der Waals surface area contributed by atoms with Gasteiger partial charge in [-0.15, -0.1) is 0 Å². The zero-order valence-corrected chi connectivity index (χ0v) is 11.9. The molecule has 102 valence electrons. The van der Waals surface area contributed by atoms with Crippen molar-refractivity contribution >= 4 is 5.69 Å². The van der Waals surface area contributed by atoms with E-state index in [1.165, 1.54) is 11.1 Å². The summed E-state index contributed by atoms with van der Waals surface area (Å²) in [5, 5.41) is 7.71. The number of aryl methyl sites for hydroxylation is 1. The Hall–Kier alpha value is -1.81. The van der Waals surface area contributed by atoms with Crippen LogP contribution in [0.15, 0.2) is 36.7 Å². The Morgan fingerprint density at radius 2 is 2.11 bits per heavy atom. The molecule has 2 rings (SSSR count). The van der Waals surface area contributed by atoms with Crippen LogP contribution in [0, 0.1) is 0 Å². The Balaban J connectivity index is 1.95. The normalized spacial score (nSPS) is 10.9. The number of nitrogens with zero attached hydrogens (tertiary/aromatic N) is 3. The first-order valence-electron chi connectivity index (χ1n) is 6.66. The van der Waals surface area contributed by atoms with Crippen molar-refractivity contribution < 1.29 is 0 Å². The summed E-state index contributed by atoms with van der Waals surface area (Å²) in [4.78, 5) is 2.17. The van der Waals surface area contributed by atoms with E-state index in [1.54, 1.807) is 0 Å². The number of hydrogen-bond donors (Lipinski definition) is 1. The van der Waals surface area contributed by atoms with Crippen molar-refractivity contribution in [3.05, 3.63) is 47.8 Å². The van der Waals surface area contributed by atoms with Crippen LogP contribution in [0.5, 0.6) is 0 Å². The fraction of sp³-hybridized carbons (Fsp3) is 0.400. The molecule has 0 atom stereocenters. The highest BCUT2D eigenvalue weighted by molar-refractivity contribution is 5.46. The van der Waals surface area contributed by atoms with Gasteiger partial charge in [-0.1, -0.05) is 12.1 Å². The van der Waals surface area contributed by atoms with E-state index in [4.69, 9.17) is 0 Å². The van der Waals surface area contributed by atoms with E-state index < -0.39 is 0 Å². The molecule has 0 saturated heterocycles. The van der Waals surface area contributed by atoms with Crippen LogP contribution in [0.1, 0.15) is 18.1 Å². The van der Waals surface area contributed by atoms with Crippen LogP contribution in [0.4, 0.5) is 5.69 Å². The van der Waals surface area contributed by atoms with Crippen molar-refractivity contribution in [3.8, 4) is 0 Å². The third kappa shape index (κ3) is 4.10. The predicted molar refractivity (Wildman–Crippen MR) is 79.1 cm³/mol. The molecule has 0 aliphatic carbocycles. The van der Waals surface area contributed by atoms with Crippen LogP contribution in [0.25, 0.3) is 0 Å². The highest BCUT2D eigenvalue weighted by Gasteiger charge is 2.00. The number of hydrogen-bond acceptors (Lipinski definition) is 3. The summed E-state index contributed by atoms with van der Waals surface area (Å²) in [6.45, 7) is 4.78. The van der Waals surface area contributed by atoms with Crippen molar-refractivity contribution in [1.82, 2.24) is 14.7 Å². The molecule has 0 aliphatic rings. The van der Waals surface area contributed by atoms with Crippen molar-refractivity contribution in [2.24, 2.45) is 0 Å². The maximum absolute atomic E-state index is 4.27. The minimum absolute atomic E-state index is 0.811. The van der Waals surface area contributed by atoms with Gasteiger partial charge in [-0.25, -0.2) is 0 Å². The van der Waals surface area contributed by atoms with E-state index in [1.807, 2.05) is 10.9 Å². The third-order valence-corrected chi connectivity index (χ3v) is 2.93. The molecule has 1 aromatic carbocycles. The summed E-state index contributed by atoms with van der Waals surface area (Å²) in [5.74, 6) is 0. The molecular weight excluding hydrogens is 236 g/mol. The second-order valence-corrected chi connectivity index (χ2v) is 5.00. The van der Waals surface area contributed by atoms with Crippen molar-refractivity contribution in [2.45, 2.75) is 26.6 Å². The van der Waals surface area contributed by atoms with Crippen LogP contribution in [-0.4, -0.2) is 28.8 Å². The molecule has 0 amide bonds. The van der Waals surface area contributed by atoms with E-state index in [0.717, 1.165) is 25.3 Å². The third-order valence-electron chi connectivity index (χ3n) is 2.93. The highest BCUT2D eigenvalue weighted by atomic mass is 15.3. The largest absolute Gasteiger partial charge is 0.381 e. The lowest BCUT2D eigenvalue weighted by Crippen LogP contribution is -2.10. The van der Waals surface area contributed by atoms with Crippen LogP contribution in [0.3, 0.4) is 0 Å². The molecule has 4 nitrogen and oxygen atoms in total. The molecule has 0 unspecified atom stereocenters. The van der Waals surface area contributed by atoms with Gasteiger partial charge in [0, 0.05) is 37.1 Å². The molecule has 1 heterocycles. The van der Waals surface area contributed by atoms with Gasteiger partial charge in [-0.3, -0.25) is 4.68 Å². The van der Waals surface area contributed by atoms with Gasteiger partial charge in [-0.05, 0) is 38.7 Å². The topological polar surface area (TPSA) is 33.1 Å². The predicted octanol–water partition coefficient (Wildman–Crippen LogP) is 2.58. The van der Waals surface area contributed by atoms with E-state index in [9.17, 15) is 0 Å². The van der Waals surface area contributed by atoms with Crippen molar-refractivity contribution in [1.29, 1.82) is 0 Å². The maximum Gasteiger partial charge on any atom is 0.0539 e. The van der Waals surface area contributed by atoms with Crippen LogP contribution >= 0.6 is 0 Å². The Bertz CT molecular complexity index is 516. The molecule has 0 fully saturated rings. The first kappa shape index (κ1) is 13.6. The molecule has 0 aliphatic heterocycles. The molecule has 0 spiro atoms. The summed E-state index contributed by atoms with van der Waals surface area (Å²) in [6, 6.07) is 8.55. The highest BCUT2D eigenvalue weighted by Crippen LogP contribution is 2.13. The first-order valence-corrected chi connectivity index (χ1v) is 6.66. The maximum atomic E-state index is 4.27. The second kappa shape index (κ2) is 6.38. The van der Waals surface area contributed by atoms with Crippen LogP contribution < -0.4 is 5.32 Å². The van der Waals surface area contributed by atoms with Crippen LogP contribution in [-0.2, 0) is 19.6 Å². The van der Waals surface area contributed by atoms with E-state index >= 15 is 0 Å². The lowest BCUT2D eigenvalue weighted by molar-refractivity contribution is 0.402. The van der Waals surface area contributed by atoms with Crippen molar-refractivity contribution in [3.63, 3.8) is 0 Å². The molecule has 19 heavy (non-hydrogen) atoms. The Morgan fingerprint density at radius 3 is 2.79 bits per heavy atom. The lowest BCUT2D eigenvalue weighted by Gasteiger charge is -2.11. The Morgan fingerprint density at radius 1 is 1.26 bits per heavy atom. The minimum atomic E-state index is 0.811. The minimum Gasteiger partial charge on any atom is -0.381 e. The van der Waals surface area contributed by atoms with Gasteiger partial charge in [0.1, 0.15) is 0 Å². The average Bonchev–Trinajstić information content (AvgIpc) is 2.84. The van der Waals surface area contributed by atoms with E-state index in [2.05, 4.69) is 66.8 Å². The van der Waals surface area contributed by atoms with Gasteiger partial charge < -0.3 is 10.2 Å². The number of anilines is 1. The molecule has 0 radical (unpaired) electrons. The molecule has 4 heteroatoms. The van der Waals surface area contributed by atoms with E-state index in [0.29, 0.717) is 0 Å². The molecular formula is C15H22N4. The molecule has 1 aromatic heterocycles. The van der Waals surface area contributed by atoms with Gasteiger partial charge in [0.2, 0.25) is 0 Å². The smallest absolute Gasteiger partial charge is 0.0539 e. The van der Waals surface area contributed by atoms with E-state index in [-0.39, 0.29) is 0 Å². The fourth-order valence-corrected chi connectivity index (χ4v) is 2.02. The van der Waals surface area contributed by atoms with Gasteiger partial charge in [0.25, 0.3) is 0 Å². The zero-order chi connectivity index (χ0) is 13.7. The monoisotopic (exact) mass is 258 g/mol. The number of aromatic nitrogens is 2. The first-order chi connectivity index (χ1) is 9.17. The summed E-state index contributed by atoms with van der Waals surface area (Å²) < 4.78 is 1.94. The summed E-state index contributed by atoms with van der Waals surface area (Å²) in [7, 11) is 4.17. The van der Waals surface area contributed by atoms with Gasteiger partial charge in [0.05, 0.1) is 6.20 Å². The molecule has 0 saturated carbocycles. The quantitative estimate of drug-likeness (QED) is 0.864. The number of rotatable bonds is 6.